The summed E-state index contributed by atoms with van der Waals surface area (Å²) in [5.41, 5.74) is 0. The second-order valence-electron chi connectivity index (χ2n) is 3.82. The molecule has 0 aromatic carbocycles. The molecule has 1 saturated carbocycles. The van der Waals surface area contributed by atoms with Crippen LogP contribution in [-0.4, -0.2) is 20.6 Å². The standard InChI is InChI=1S/C9H17BO/c1-7(2)11-6-8-3-4-9(10)5-8/h7-9H,3-6H2,1-2H3. The van der Waals surface area contributed by atoms with Crippen LogP contribution in [0.2, 0.25) is 5.82 Å². The lowest BCUT2D eigenvalue weighted by Crippen LogP contribution is -2.10. The second-order valence-corrected chi connectivity index (χ2v) is 3.82. The predicted octanol–water partition coefficient (Wildman–Crippen LogP) is 2.17. The molecule has 11 heavy (non-hydrogen) atoms. The number of hydrogen-bond donors (Lipinski definition) is 0. The highest BCUT2D eigenvalue weighted by Crippen LogP contribution is 2.32. The van der Waals surface area contributed by atoms with E-state index in [9.17, 15) is 0 Å². The molecule has 0 bridgehead atoms. The molecule has 2 heteroatoms. The molecule has 1 aliphatic carbocycles. The van der Waals surface area contributed by atoms with E-state index in [0.717, 1.165) is 18.9 Å². The van der Waals surface area contributed by atoms with Gasteiger partial charge in [-0.15, -0.1) is 0 Å². The third-order valence-electron chi connectivity index (χ3n) is 2.25. The Morgan fingerprint density at radius 3 is 2.64 bits per heavy atom. The molecule has 1 aliphatic rings. The van der Waals surface area contributed by atoms with Crippen molar-refractivity contribution >= 4 is 7.85 Å². The monoisotopic (exact) mass is 152 g/mol. The largest absolute Gasteiger partial charge is 0.379 e. The van der Waals surface area contributed by atoms with Crippen LogP contribution in [0.4, 0.5) is 0 Å². The van der Waals surface area contributed by atoms with Crippen LogP contribution in [0.15, 0.2) is 0 Å². The molecule has 0 aromatic heterocycles. The van der Waals surface area contributed by atoms with Crippen molar-refractivity contribution in [2.45, 2.75) is 45.0 Å². The summed E-state index contributed by atoms with van der Waals surface area (Å²) in [6.07, 6.45) is 3.97. The molecule has 0 saturated heterocycles. The zero-order chi connectivity index (χ0) is 8.27. The Hall–Kier alpha value is 0.0249. The first-order valence-corrected chi connectivity index (χ1v) is 4.55. The first kappa shape index (κ1) is 9.12. The Balaban J connectivity index is 2.08. The van der Waals surface area contributed by atoms with E-state index >= 15 is 0 Å². The fraction of sp³-hybridized carbons (Fsp3) is 1.00. The van der Waals surface area contributed by atoms with Gasteiger partial charge in [0.2, 0.25) is 0 Å². The van der Waals surface area contributed by atoms with E-state index in [1.807, 2.05) is 0 Å². The van der Waals surface area contributed by atoms with Crippen LogP contribution in [0, 0.1) is 5.92 Å². The van der Waals surface area contributed by atoms with E-state index in [0.29, 0.717) is 11.9 Å². The summed E-state index contributed by atoms with van der Waals surface area (Å²) in [6, 6.07) is 0. The lowest BCUT2D eigenvalue weighted by Gasteiger charge is -2.12. The summed E-state index contributed by atoms with van der Waals surface area (Å²) in [6.45, 7) is 5.06. The molecule has 1 fully saturated rings. The Bertz CT molecular complexity index is 114. The lowest BCUT2D eigenvalue weighted by atomic mass is 9.85. The van der Waals surface area contributed by atoms with Crippen molar-refractivity contribution in [2.75, 3.05) is 6.61 Å². The Morgan fingerprint density at radius 2 is 2.18 bits per heavy atom. The van der Waals surface area contributed by atoms with Gasteiger partial charge in [0.05, 0.1) is 14.0 Å². The van der Waals surface area contributed by atoms with Crippen LogP contribution >= 0.6 is 0 Å². The van der Waals surface area contributed by atoms with Gasteiger partial charge in [-0.3, -0.25) is 0 Å². The Labute approximate surface area is 70.9 Å². The minimum Gasteiger partial charge on any atom is -0.379 e. The molecule has 0 heterocycles. The Morgan fingerprint density at radius 1 is 1.45 bits per heavy atom. The molecule has 0 N–H and O–H groups in total. The number of rotatable bonds is 3. The smallest absolute Gasteiger partial charge is 0.0699 e. The van der Waals surface area contributed by atoms with Gasteiger partial charge in [0.25, 0.3) is 0 Å². The van der Waals surface area contributed by atoms with Gasteiger partial charge in [0.15, 0.2) is 0 Å². The van der Waals surface area contributed by atoms with E-state index < -0.39 is 0 Å². The van der Waals surface area contributed by atoms with Gasteiger partial charge in [-0.2, -0.15) is 0 Å². The minimum atomic E-state index is 0.367. The van der Waals surface area contributed by atoms with Crippen LogP contribution in [0.1, 0.15) is 33.1 Å². The molecule has 2 atom stereocenters. The van der Waals surface area contributed by atoms with Crippen LogP contribution in [0.3, 0.4) is 0 Å². The molecule has 2 unspecified atom stereocenters. The number of hydrogen-bond acceptors (Lipinski definition) is 1. The van der Waals surface area contributed by atoms with Gasteiger partial charge in [-0.1, -0.05) is 18.7 Å². The normalized spacial score (nSPS) is 31.5. The molecular formula is C9H17BO. The van der Waals surface area contributed by atoms with Gasteiger partial charge in [0.1, 0.15) is 0 Å². The first-order valence-electron chi connectivity index (χ1n) is 4.55. The fourth-order valence-corrected chi connectivity index (χ4v) is 1.59. The summed E-state index contributed by atoms with van der Waals surface area (Å²) < 4.78 is 5.52. The van der Waals surface area contributed by atoms with Gasteiger partial charge >= 0.3 is 0 Å². The highest BCUT2D eigenvalue weighted by Gasteiger charge is 2.20. The maximum absolute atomic E-state index is 5.78. The van der Waals surface area contributed by atoms with Crippen molar-refractivity contribution in [1.82, 2.24) is 0 Å². The molecule has 2 radical (unpaired) electrons. The van der Waals surface area contributed by atoms with E-state index in [1.54, 1.807) is 0 Å². The molecule has 0 aromatic rings. The van der Waals surface area contributed by atoms with E-state index in [1.165, 1.54) is 12.8 Å². The van der Waals surface area contributed by atoms with Gasteiger partial charge in [-0.05, 0) is 26.2 Å². The van der Waals surface area contributed by atoms with Crippen LogP contribution < -0.4 is 0 Å². The third kappa shape index (κ3) is 3.28. The lowest BCUT2D eigenvalue weighted by molar-refractivity contribution is 0.0527. The van der Waals surface area contributed by atoms with Crippen LogP contribution in [0.5, 0.6) is 0 Å². The maximum atomic E-state index is 5.78. The van der Waals surface area contributed by atoms with Gasteiger partial charge in [-0.25, -0.2) is 0 Å². The maximum Gasteiger partial charge on any atom is 0.0699 e. The second kappa shape index (κ2) is 4.15. The molecule has 0 aliphatic heterocycles. The van der Waals surface area contributed by atoms with Crippen molar-refractivity contribution in [3.05, 3.63) is 0 Å². The first-order chi connectivity index (χ1) is 5.18. The van der Waals surface area contributed by atoms with Gasteiger partial charge < -0.3 is 4.74 Å². The molecular weight excluding hydrogens is 135 g/mol. The molecule has 1 nitrogen and oxygen atoms in total. The summed E-state index contributed by atoms with van der Waals surface area (Å²) in [5, 5.41) is 0. The fourth-order valence-electron chi connectivity index (χ4n) is 1.59. The minimum absolute atomic E-state index is 0.367. The highest BCUT2D eigenvalue weighted by molar-refractivity contribution is 6.11. The van der Waals surface area contributed by atoms with Gasteiger partial charge in [0, 0.05) is 6.61 Å². The van der Waals surface area contributed by atoms with E-state index in [4.69, 9.17) is 12.6 Å². The highest BCUT2D eigenvalue weighted by atomic mass is 16.5. The van der Waals surface area contributed by atoms with Crippen molar-refractivity contribution in [1.29, 1.82) is 0 Å². The topological polar surface area (TPSA) is 9.23 Å². The predicted molar refractivity (Wildman–Crippen MR) is 47.9 cm³/mol. The third-order valence-corrected chi connectivity index (χ3v) is 2.25. The molecule has 0 spiro atoms. The summed E-state index contributed by atoms with van der Waals surface area (Å²) in [4.78, 5) is 0. The summed E-state index contributed by atoms with van der Waals surface area (Å²) in [5.74, 6) is 1.17. The summed E-state index contributed by atoms with van der Waals surface area (Å²) in [7, 11) is 5.78. The van der Waals surface area contributed by atoms with Crippen LogP contribution in [-0.2, 0) is 4.74 Å². The average Bonchev–Trinajstić information content (AvgIpc) is 2.31. The molecule has 62 valence electrons. The number of ether oxygens (including phenoxy) is 1. The average molecular weight is 152 g/mol. The summed E-state index contributed by atoms with van der Waals surface area (Å²) >= 11 is 0. The van der Waals surface area contributed by atoms with Crippen molar-refractivity contribution in [3.63, 3.8) is 0 Å². The van der Waals surface area contributed by atoms with Crippen LogP contribution in [0.25, 0.3) is 0 Å². The van der Waals surface area contributed by atoms with E-state index in [2.05, 4.69) is 13.8 Å². The molecule has 1 rings (SSSR count). The van der Waals surface area contributed by atoms with E-state index in [-0.39, 0.29) is 0 Å². The van der Waals surface area contributed by atoms with Crippen molar-refractivity contribution < 1.29 is 4.74 Å². The molecule has 0 amide bonds. The zero-order valence-electron chi connectivity index (χ0n) is 7.55. The Kier molecular flexibility index (Phi) is 3.44. The SMILES string of the molecule is [B]C1CCC(COC(C)C)C1. The zero-order valence-corrected chi connectivity index (χ0v) is 7.55. The quantitative estimate of drug-likeness (QED) is 0.563. The van der Waals surface area contributed by atoms with Crippen molar-refractivity contribution in [2.24, 2.45) is 5.92 Å². The van der Waals surface area contributed by atoms with Crippen molar-refractivity contribution in [3.8, 4) is 0 Å².